The third-order valence-corrected chi connectivity index (χ3v) is 5.19. The van der Waals surface area contributed by atoms with Gasteiger partial charge in [0.25, 0.3) is 0 Å². The molecule has 1 heterocycles. The molecule has 0 unspecified atom stereocenters. The summed E-state index contributed by atoms with van der Waals surface area (Å²) < 4.78 is 14.0. The number of likely N-dealkylation sites (tertiary alicyclic amines) is 1. The molecule has 0 bridgehead atoms. The number of nitrogens with zero attached hydrogens (tertiary/aromatic N) is 1. The molecule has 0 amide bonds. The fourth-order valence-corrected chi connectivity index (χ4v) is 3.24. The van der Waals surface area contributed by atoms with Gasteiger partial charge in [0.15, 0.2) is 0 Å². The van der Waals surface area contributed by atoms with Crippen LogP contribution in [0.2, 0.25) is 0 Å². The fourth-order valence-electron chi connectivity index (χ4n) is 3.24. The molecule has 21 heavy (non-hydrogen) atoms. The van der Waals surface area contributed by atoms with E-state index in [0.29, 0.717) is 17.5 Å². The fraction of sp³-hybridized carbons (Fsp3) is 0.625. The van der Waals surface area contributed by atoms with Crippen LogP contribution >= 0.6 is 0 Å². The molecule has 5 heteroatoms. The molecule has 0 atom stereocenters. The molecule has 0 spiro atoms. The zero-order chi connectivity index (χ0) is 15.5. The number of rotatable bonds is 5. The van der Waals surface area contributed by atoms with Crippen LogP contribution in [0, 0.1) is 11.2 Å². The van der Waals surface area contributed by atoms with Gasteiger partial charge in [-0.2, -0.15) is 0 Å². The van der Waals surface area contributed by atoms with Crippen molar-refractivity contribution in [1.82, 2.24) is 4.90 Å². The Morgan fingerprint density at radius 2 is 1.81 bits per heavy atom. The Kier molecular flexibility index (Phi) is 5.41. The Morgan fingerprint density at radius 3 is 2.29 bits per heavy atom. The number of hydrogen-bond donors (Lipinski definition) is 2. The minimum Gasteiger partial charge on any atom is -0.423 e. The first-order chi connectivity index (χ1) is 9.99. The van der Waals surface area contributed by atoms with Crippen molar-refractivity contribution in [2.24, 2.45) is 5.41 Å². The highest BCUT2D eigenvalue weighted by Crippen LogP contribution is 2.38. The first-order valence-corrected chi connectivity index (χ1v) is 7.86. The molecule has 1 saturated heterocycles. The van der Waals surface area contributed by atoms with Crippen LogP contribution in [0.3, 0.4) is 0 Å². The lowest BCUT2D eigenvalue weighted by Crippen LogP contribution is -2.39. The zero-order valence-electron chi connectivity index (χ0n) is 13.0. The van der Waals surface area contributed by atoms with Crippen LogP contribution in [-0.4, -0.2) is 35.2 Å². The molecule has 1 aliphatic rings. The van der Waals surface area contributed by atoms with Crippen molar-refractivity contribution in [2.75, 3.05) is 13.1 Å². The Labute approximate surface area is 126 Å². The van der Waals surface area contributed by atoms with Crippen molar-refractivity contribution in [2.45, 2.75) is 46.1 Å². The van der Waals surface area contributed by atoms with Gasteiger partial charge in [-0.25, -0.2) is 4.39 Å². The SMILES string of the molecule is CCC1(CC)CCN(Cc2ccc(B(O)O)cc2F)CC1. The van der Waals surface area contributed by atoms with Crippen molar-refractivity contribution in [3.8, 4) is 0 Å². The third-order valence-electron chi connectivity index (χ3n) is 5.19. The van der Waals surface area contributed by atoms with Gasteiger partial charge in [-0.05, 0) is 42.9 Å². The quantitative estimate of drug-likeness (QED) is 0.815. The summed E-state index contributed by atoms with van der Waals surface area (Å²) in [6.45, 7) is 7.13. The molecule has 0 saturated carbocycles. The maximum Gasteiger partial charge on any atom is 0.488 e. The lowest BCUT2D eigenvalue weighted by molar-refractivity contribution is 0.0902. The maximum absolute atomic E-state index is 14.0. The Bertz CT molecular complexity index is 467. The molecule has 0 aliphatic carbocycles. The van der Waals surface area contributed by atoms with E-state index in [0.717, 1.165) is 13.1 Å². The summed E-state index contributed by atoms with van der Waals surface area (Å²) in [7, 11) is -1.61. The van der Waals surface area contributed by atoms with Gasteiger partial charge in [-0.3, -0.25) is 4.90 Å². The highest BCUT2D eigenvalue weighted by atomic mass is 19.1. The van der Waals surface area contributed by atoms with Gasteiger partial charge in [0.2, 0.25) is 0 Å². The Morgan fingerprint density at radius 1 is 1.19 bits per heavy atom. The summed E-state index contributed by atoms with van der Waals surface area (Å²) >= 11 is 0. The summed E-state index contributed by atoms with van der Waals surface area (Å²) in [5, 5.41) is 18.1. The topological polar surface area (TPSA) is 43.7 Å². The van der Waals surface area contributed by atoms with Gasteiger partial charge >= 0.3 is 7.12 Å². The van der Waals surface area contributed by atoms with Gasteiger partial charge in [0.1, 0.15) is 5.82 Å². The molecule has 116 valence electrons. The van der Waals surface area contributed by atoms with E-state index < -0.39 is 7.12 Å². The van der Waals surface area contributed by atoms with E-state index in [4.69, 9.17) is 10.0 Å². The van der Waals surface area contributed by atoms with Crippen LogP contribution < -0.4 is 5.46 Å². The van der Waals surface area contributed by atoms with E-state index in [1.165, 1.54) is 31.7 Å². The lowest BCUT2D eigenvalue weighted by Gasteiger charge is -2.41. The minimum absolute atomic E-state index is 0.200. The molecule has 2 rings (SSSR count). The van der Waals surface area contributed by atoms with E-state index in [-0.39, 0.29) is 11.3 Å². The van der Waals surface area contributed by atoms with Crippen LogP contribution in [0.5, 0.6) is 0 Å². The number of benzene rings is 1. The van der Waals surface area contributed by atoms with Crippen LogP contribution in [0.25, 0.3) is 0 Å². The predicted molar refractivity (Wildman–Crippen MR) is 83.8 cm³/mol. The second-order valence-corrected chi connectivity index (χ2v) is 6.21. The predicted octanol–water partition coefficient (Wildman–Crippen LogP) is 1.91. The summed E-state index contributed by atoms with van der Waals surface area (Å²) in [6.07, 6.45) is 4.79. The minimum atomic E-state index is -1.61. The standard InChI is InChI=1S/C16H25BFNO2/c1-3-16(4-2)7-9-19(10-8-16)12-13-5-6-14(17(20)21)11-15(13)18/h5-6,11,20-21H,3-4,7-10,12H2,1-2H3. The van der Waals surface area contributed by atoms with Gasteiger partial charge < -0.3 is 10.0 Å². The summed E-state index contributed by atoms with van der Waals surface area (Å²) in [6, 6.07) is 4.45. The highest BCUT2D eigenvalue weighted by molar-refractivity contribution is 6.58. The molecule has 3 nitrogen and oxygen atoms in total. The Balaban J connectivity index is 1.98. The average molecular weight is 293 g/mol. The molecule has 1 aromatic carbocycles. The normalized spacial score (nSPS) is 18.7. The van der Waals surface area contributed by atoms with Crippen molar-refractivity contribution in [1.29, 1.82) is 0 Å². The highest BCUT2D eigenvalue weighted by Gasteiger charge is 2.31. The molecular formula is C16H25BFNO2. The molecule has 0 radical (unpaired) electrons. The van der Waals surface area contributed by atoms with Crippen LogP contribution in [0.15, 0.2) is 18.2 Å². The van der Waals surface area contributed by atoms with Crippen molar-refractivity contribution < 1.29 is 14.4 Å². The van der Waals surface area contributed by atoms with Crippen LogP contribution in [0.1, 0.15) is 45.1 Å². The third kappa shape index (κ3) is 3.85. The Hall–Kier alpha value is -0.905. The molecule has 1 fully saturated rings. The smallest absolute Gasteiger partial charge is 0.423 e. The van der Waals surface area contributed by atoms with Gasteiger partial charge in [-0.15, -0.1) is 0 Å². The van der Waals surface area contributed by atoms with Gasteiger partial charge in [-0.1, -0.05) is 38.8 Å². The van der Waals surface area contributed by atoms with E-state index in [1.54, 1.807) is 12.1 Å². The second-order valence-electron chi connectivity index (χ2n) is 6.21. The second kappa shape index (κ2) is 6.90. The first-order valence-electron chi connectivity index (χ1n) is 7.86. The summed E-state index contributed by atoms with van der Waals surface area (Å²) in [5.41, 5.74) is 1.30. The van der Waals surface area contributed by atoms with Crippen LogP contribution in [-0.2, 0) is 6.54 Å². The number of hydrogen-bond acceptors (Lipinski definition) is 3. The average Bonchev–Trinajstić information content (AvgIpc) is 2.50. The largest absolute Gasteiger partial charge is 0.488 e. The summed E-state index contributed by atoms with van der Waals surface area (Å²) in [5.74, 6) is -0.358. The molecule has 2 N–H and O–H groups in total. The van der Waals surface area contributed by atoms with Gasteiger partial charge in [0.05, 0.1) is 0 Å². The summed E-state index contributed by atoms with van der Waals surface area (Å²) in [4.78, 5) is 2.29. The van der Waals surface area contributed by atoms with Crippen molar-refractivity contribution in [3.05, 3.63) is 29.6 Å². The van der Waals surface area contributed by atoms with Crippen molar-refractivity contribution in [3.63, 3.8) is 0 Å². The molecular weight excluding hydrogens is 268 g/mol. The van der Waals surface area contributed by atoms with Crippen molar-refractivity contribution >= 4 is 12.6 Å². The number of halogens is 1. The number of piperidine rings is 1. The van der Waals surface area contributed by atoms with E-state index >= 15 is 0 Å². The monoisotopic (exact) mass is 293 g/mol. The zero-order valence-corrected chi connectivity index (χ0v) is 13.0. The van der Waals surface area contributed by atoms with Crippen LogP contribution in [0.4, 0.5) is 4.39 Å². The molecule has 0 aromatic heterocycles. The van der Waals surface area contributed by atoms with Gasteiger partial charge in [0, 0.05) is 12.1 Å². The van der Waals surface area contributed by atoms with E-state index in [1.807, 2.05) is 0 Å². The maximum atomic E-state index is 14.0. The first kappa shape index (κ1) is 16.5. The van der Waals surface area contributed by atoms with E-state index in [9.17, 15) is 4.39 Å². The lowest BCUT2D eigenvalue weighted by atomic mass is 9.74. The van der Waals surface area contributed by atoms with E-state index in [2.05, 4.69) is 18.7 Å². The molecule has 1 aromatic rings. The molecule has 1 aliphatic heterocycles.